The minimum atomic E-state index is -0.447. The van der Waals surface area contributed by atoms with Crippen LogP contribution in [-0.4, -0.2) is 30.2 Å². The average Bonchev–Trinajstić information content (AvgIpc) is 2.59. The highest BCUT2D eigenvalue weighted by atomic mass is 35.5. The van der Waals surface area contributed by atoms with E-state index in [9.17, 15) is 9.59 Å². The Kier molecular flexibility index (Phi) is 4.29. The number of rotatable bonds is 4. The second-order valence-electron chi connectivity index (χ2n) is 3.24. The lowest BCUT2D eigenvalue weighted by molar-refractivity contribution is -0.142. The number of carbonyl (C=O) groups is 2. The molecule has 5 heteroatoms. The molecule has 0 bridgehead atoms. The number of hydrogen-bond acceptors (Lipinski definition) is 3. The Morgan fingerprint density at radius 3 is 2.60 bits per heavy atom. The van der Waals surface area contributed by atoms with Crippen LogP contribution in [0.4, 0.5) is 0 Å². The minimum absolute atomic E-state index is 0.429. The topological polar surface area (TPSA) is 37.4 Å². The molecule has 1 aromatic heterocycles. The molecular weight excluding hydrogens is 234 g/mol. The molecule has 0 atom stereocenters. The van der Waals surface area contributed by atoms with Gasteiger partial charge in [-0.25, -0.2) is 0 Å². The van der Waals surface area contributed by atoms with E-state index >= 15 is 0 Å². The molecule has 0 saturated carbocycles. The molecule has 0 radical (unpaired) electrons. The summed E-state index contributed by atoms with van der Waals surface area (Å²) in [4.78, 5) is 24.6. The van der Waals surface area contributed by atoms with Gasteiger partial charge in [0.2, 0.25) is 5.78 Å². The van der Waals surface area contributed by atoms with Crippen molar-refractivity contribution in [2.24, 2.45) is 0 Å². The van der Waals surface area contributed by atoms with Gasteiger partial charge < -0.3 is 4.90 Å². The number of ketones is 1. The highest BCUT2D eigenvalue weighted by molar-refractivity contribution is 7.16. The van der Waals surface area contributed by atoms with E-state index in [1.165, 1.54) is 23.2 Å². The maximum Gasteiger partial charge on any atom is 0.289 e. The van der Waals surface area contributed by atoms with E-state index in [2.05, 4.69) is 0 Å². The highest BCUT2D eigenvalue weighted by Gasteiger charge is 2.13. The number of nitrogens with zero attached hydrogens (tertiary/aromatic N) is 1. The Morgan fingerprint density at radius 2 is 2.13 bits per heavy atom. The number of hydrogen-bond donors (Lipinski definition) is 0. The quantitative estimate of drug-likeness (QED) is 0.761. The van der Waals surface area contributed by atoms with Crippen LogP contribution < -0.4 is 0 Å². The van der Waals surface area contributed by atoms with Crippen molar-refractivity contribution in [1.29, 1.82) is 0 Å². The summed E-state index contributed by atoms with van der Waals surface area (Å²) in [6, 6.07) is 3.76. The number of Topliss-reactive ketones (excluding diaryl/α,β-unsaturated/α-hetero) is 1. The molecule has 0 saturated heterocycles. The summed E-state index contributed by atoms with van der Waals surface area (Å²) in [5.74, 6) is -0.876. The Hall–Kier alpha value is -0.870. The molecule has 1 rings (SSSR count). The normalized spacial score (nSPS) is 10.1. The van der Waals surface area contributed by atoms with Crippen molar-refractivity contribution in [2.45, 2.75) is 13.3 Å². The molecule has 0 aliphatic heterocycles. The number of halogens is 1. The number of carbonyl (C=O) groups excluding carboxylic acids is 2. The van der Waals surface area contributed by atoms with Gasteiger partial charge in [0, 0.05) is 25.4 Å². The van der Waals surface area contributed by atoms with Gasteiger partial charge >= 0.3 is 0 Å². The summed E-state index contributed by atoms with van der Waals surface area (Å²) in [5, 5.41) is 0. The number of amides is 1. The van der Waals surface area contributed by atoms with Gasteiger partial charge in [-0.3, -0.25) is 9.59 Å². The molecule has 0 unspecified atom stereocenters. The van der Waals surface area contributed by atoms with E-state index in [0.717, 1.165) is 15.6 Å². The van der Waals surface area contributed by atoms with Gasteiger partial charge in [-0.2, -0.15) is 0 Å². The summed E-state index contributed by atoms with van der Waals surface area (Å²) < 4.78 is 0.741. The first-order valence-corrected chi connectivity index (χ1v) is 5.70. The molecule has 1 aromatic rings. The summed E-state index contributed by atoms with van der Waals surface area (Å²) in [6.45, 7) is 1.82. The second-order valence-corrected chi connectivity index (χ2v) is 5.04. The van der Waals surface area contributed by atoms with Crippen LogP contribution in [0.1, 0.15) is 11.8 Å². The molecule has 0 fully saturated rings. The largest absolute Gasteiger partial charge is 0.339 e. The zero-order chi connectivity index (χ0) is 11.4. The fraction of sp³-hybridized carbons (Fsp3) is 0.400. The molecule has 0 aliphatic rings. The lowest BCUT2D eigenvalue weighted by Gasteiger charge is -2.14. The maximum atomic E-state index is 11.2. The fourth-order valence-electron chi connectivity index (χ4n) is 1.13. The number of likely N-dealkylation sites (N-methyl/N-ethyl adjacent to an activating group) is 1. The fourth-order valence-corrected chi connectivity index (χ4v) is 2.21. The van der Waals surface area contributed by atoms with Crippen molar-refractivity contribution in [1.82, 2.24) is 4.90 Å². The Balaban J connectivity index is 2.44. The van der Waals surface area contributed by atoms with E-state index in [-0.39, 0.29) is 0 Å². The van der Waals surface area contributed by atoms with Crippen LogP contribution in [0.3, 0.4) is 0 Å². The molecule has 1 amide bonds. The summed E-state index contributed by atoms with van der Waals surface area (Å²) in [7, 11) is 1.62. The van der Waals surface area contributed by atoms with Gasteiger partial charge in [-0.05, 0) is 18.6 Å². The summed E-state index contributed by atoms with van der Waals surface area (Å²) >= 11 is 7.26. The van der Waals surface area contributed by atoms with Gasteiger partial charge in [-0.1, -0.05) is 11.6 Å². The average molecular weight is 246 g/mol. The van der Waals surface area contributed by atoms with E-state index in [0.29, 0.717) is 6.54 Å². The molecule has 0 aliphatic carbocycles. The zero-order valence-electron chi connectivity index (χ0n) is 8.62. The first-order chi connectivity index (χ1) is 7.00. The molecule has 1 heterocycles. The van der Waals surface area contributed by atoms with Crippen molar-refractivity contribution in [3.8, 4) is 0 Å². The standard InChI is InChI=1S/C10H12ClNO2S/c1-7(13)10(14)12(2)6-5-8-3-4-9(11)15-8/h3-4H,5-6H2,1-2H3. The summed E-state index contributed by atoms with van der Waals surface area (Å²) in [6.07, 6.45) is 0.729. The predicted octanol–water partition coefficient (Wildman–Crippen LogP) is 1.99. The SMILES string of the molecule is CC(=O)C(=O)N(C)CCc1ccc(Cl)s1. The van der Waals surface area contributed by atoms with Crippen LogP contribution in [0.2, 0.25) is 4.34 Å². The molecule has 82 valence electrons. The van der Waals surface area contributed by atoms with Crippen LogP contribution in [0.5, 0.6) is 0 Å². The molecule has 3 nitrogen and oxygen atoms in total. The molecule has 0 N–H and O–H groups in total. The van der Waals surface area contributed by atoms with Gasteiger partial charge in [0.15, 0.2) is 0 Å². The maximum absolute atomic E-state index is 11.2. The molecule has 0 spiro atoms. The molecule has 0 aromatic carbocycles. The third-order valence-electron chi connectivity index (χ3n) is 1.97. The first-order valence-electron chi connectivity index (χ1n) is 4.51. The van der Waals surface area contributed by atoms with Crippen LogP contribution in [0.25, 0.3) is 0 Å². The molecular formula is C10H12ClNO2S. The van der Waals surface area contributed by atoms with Gasteiger partial charge in [0.25, 0.3) is 5.91 Å². The number of thiophene rings is 1. The van der Waals surface area contributed by atoms with Crippen LogP contribution in [-0.2, 0) is 16.0 Å². The van der Waals surface area contributed by atoms with E-state index in [4.69, 9.17) is 11.6 Å². The van der Waals surface area contributed by atoms with Gasteiger partial charge in [0.1, 0.15) is 0 Å². The van der Waals surface area contributed by atoms with Crippen molar-refractivity contribution in [2.75, 3.05) is 13.6 Å². The van der Waals surface area contributed by atoms with E-state index in [1.807, 2.05) is 12.1 Å². The van der Waals surface area contributed by atoms with Crippen LogP contribution in [0, 0.1) is 0 Å². The smallest absolute Gasteiger partial charge is 0.289 e. The molecule has 15 heavy (non-hydrogen) atoms. The van der Waals surface area contributed by atoms with Gasteiger partial charge in [0.05, 0.1) is 4.34 Å². The Labute approximate surface area is 97.6 Å². The predicted molar refractivity (Wildman–Crippen MR) is 61.4 cm³/mol. The third-order valence-corrected chi connectivity index (χ3v) is 3.26. The van der Waals surface area contributed by atoms with E-state index < -0.39 is 11.7 Å². The van der Waals surface area contributed by atoms with Crippen molar-refractivity contribution in [3.05, 3.63) is 21.3 Å². The Morgan fingerprint density at radius 1 is 1.47 bits per heavy atom. The zero-order valence-corrected chi connectivity index (χ0v) is 10.2. The van der Waals surface area contributed by atoms with Crippen LogP contribution >= 0.6 is 22.9 Å². The van der Waals surface area contributed by atoms with Crippen LogP contribution in [0.15, 0.2) is 12.1 Å². The lowest BCUT2D eigenvalue weighted by atomic mass is 10.3. The first kappa shape index (κ1) is 12.2. The second kappa shape index (κ2) is 5.28. The third kappa shape index (κ3) is 3.64. The lowest BCUT2D eigenvalue weighted by Crippen LogP contribution is -2.33. The minimum Gasteiger partial charge on any atom is -0.339 e. The monoisotopic (exact) mass is 245 g/mol. The van der Waals surface area contributed by atoms with Crippen molar-refractivity contribution >= 4 is 34.6 Å². The Bertz CT molecular complexity index is 375. The van der Waals surface area contributed by atoms with Crippen molar-refractivity contribution < 1.29 is 9.59 Å². The highest BCUT2D eigenvalue weighted by Crippen LogP contribution is 2.21. The van der Waals surface area contributed by atoms with Gasteiger partial charge in [-0.15, -0.1) is 11.3 Å². The summed E-state index contributed by atoms with van der Waals surface area (Å²) in [5.41, 5.74) is 0. The van der Waals surface area contributed by atoms with E-state index in [1.54, 1.807) is 7.05 Å². The van der Waals surface area contributed by atoms with Crippen molar-refractivity contribution in [3.63, 3.8) is 0 Å².